The lowest BCUT2D eigenvalue weighted by Crippen LogP contribution is -2.47. The van der Waals surface area contributed by atoms with Crippen molar-refractivity contribution in [3.05, 3.63) is 42.0 Å². The lowest BCUT2D eigenvalue weighted by Gasteiger charge is -2.52. The summed E-state index contributed by atoms with van der Waals surface area (Å²) < 4.78 is 15.8. The van der Waals surface area contributed by atoms with E-state index in [0.29, 0.717) is 11.4 Å². The monoisotopic (exact) mass is 394 g/mol. The smallest absolute Gasteiger partial charge is 0.311 e. The number of nitrogens with zero attached hydrogens (tertiary/aromatic N) is 3. The maximum absolute atomic E-state index is 5.55. The first-order valence-corrected chi connectivity index (χ1v) is 10.3. The molecule has 0 amide bonds. The SMILES string of the molecule is COc1cc(-c2cccc(NCC34CCC(c5nc(C)no5)(CC3)CC4)c2)no1. The Hall–Kier alpha value is -2.83. The van der Waals surface area contributed by atoms with Crippen molar-refractivity contribution in [2.75, 3.05) is 19.0 Å². The molecule has 152 valence electrons. The molecule has 0 radical (unpaired) electrons. The van der Waals surface area contributed by atoms with Crippen LogP contribution in [0.1, 0.15) is 50.2 Å². The zero-order chi connectivity index (χ0) is 19.9. The summed E-state index contributed by atoms with van der Waals surface area (Å²) in [7, 11) is 1.57. The van der Waals surface area contributed by atoms with Crippen molar-refractivity contribution in [3.63, 3.8) is 0 Å². The molecule has 3 aromatic rings. The van der Waals surface area contributed by atoms with Gasteiger partial charge in [-0.3, -0.25) is 0 Å². The summed E-state index contributed by atoms with van der Waals surface area (Å²) >= 11 is 0. The molecule has 3 fully saturated rings. The molecule has 7 nitrogen and oxygen atoms in total. The minimum atomic E-state index is 0.106. The Morgan fingerprint density at radius 2 is 1.83 bits per heavy atom. The number of hydrogen-bond acceptors (Lipinski definition) is 7. The molecule has 6 rings (SSSR count). The lowest BCUT2D eigenvalue weighted by molar-refractivity contribution is 0.0322. The average molecular weight is 394 g/mol. The summed E-state index contributed by atoms with van der Waals surface area (Å²) in [6, 6.07) is 10.1. The topological polar surface area (TPSA) is 86.2 Å². The number of nitrogens with one attached hydrogen (secondary N) is 1. The van der Waals surface area contributed by atoms with E-state index in [1.807, 2.05) is 19.1 Å². The van der Waals surface area contributed by atoms with Crippen LogP contribution in [0.3, 0.4) is 0 Å². The van der Waals surface area contributed by atoms with Crippen LogP contribution < -0.4 is 10.1 Å². The highest BCUT2D eigenvalue weighted by Crippen LogP contribution is 2.57. The highest BCUT2D eigenvalue weighted by atomic mass is 16.6. The molecule has 0 aliphatic heterocycles. The molecule has 3 aliphatic rings. The molecule has 1 N–H and O–H groups in total. The van der Waals surface area contributed by atoms with Crippen molar-refractivity contribution in [1.82, 2.24) is 15.3 Å². The Bertz CT molecular complexity index is 984. The van der Waals surface area contributed by atoms with Crippen molar-refractivity contribution in [2.24, 2.45) is 5.41 Å². The maximum Gasteiger partial charge on any atom is 0.311 e. The van der Waals surface area contributed by atoms with Gasteiger partial charge >= 0.3 is 5.95 Å². The van der Waals surface area contributed by atoms with E-state index < -0.39 is 0 Å². The van der Waals surface area contributed by atoms with Crippen LogP contribution in [0, 0.1) is 12.3 Å². The van der Waals surface area contributed by atoms with Crippen LogP contribution >= 0.6 is 0 Å². The number of hydrogen-bond donors (Lipinski definition) is 1. The molecule has 29 heavy (non-hydrogen) atoms. The molecule has 0 atom stereocenters. The van der Waals surface area contributed by atoms with Gasteiger partial charge in [-0.25, -0.2) is 0 Å². The van der Waals surface area contributed by atoms with Crippen LogP contribution in [-0.2, 0) is 5.41 Å². The maximum atomic E-state index is 5.55. The fourth-order valence-electron chi connectivity index (χ4n) is 4.93. The second kappa shape index (κ2) is 6.90. The van der Waals surface area contributed by atoms with Gasteiger partial charge in [0.2, 0.25) is 5.89 Å². The molecule has 0 spiro atoms. The van der Waals surface area contributed by atoms with Gasteiger partial charge < -0.3 is 19.1 Å². The van der Waals surface area contributed by atoms with Gasteiger partial charge in [0.15, 0.2) is 5.82 Å². The van der Waals surface area contributed by atoms with E-state index in [9.17, 15) is 0 Å². The van der Waals surface area contributed by atoms with Crippen molar-refractivity contribution in [1.29, 1.82) is 0 Å². The zero-order valence-corrected chi connectivity index (χ0v) is 16.9. The number of rotatable bonds is 6. The molecule has 3 aliphatic carbocycles. The quantitative estimate of drug-likeness (QED) is 0.646. The molecular weight excluding hydrogens is 368 g/mol. The largest absolute Gasteiger partial charge is 0.467 e. The first kappa shape index (κ1) is 18.2. The summed E-state index contributed by atoms with van der Waals surface area (Å²) in [5.41, 5.74) is 3.35. The van der Waals surface area contributed by atoms with Gasteiger partial charge in [-0.05, 0) is 63.0 Å². The number of fused-ring (bicyclic) bond motifs is 3. The fraction of sp³-hybridized carbons (Fsp3) is 0.500. The molecule has 2 bridgehead atoms. The summed E-state index contributed by atoms with van der Waals surface area (Å²) in [6.45, 7) is 2.88. The van der Waals surface area contributed by atoms with Gasteiger partial charge in [-0.2, -0.15) is 4.98 Å². The van der Waals surface area contributed by atoms with Gasteiger partial charge in [-0.1, -0.05) is 22.4 Å². The predicted octanol–water partition coefficient (Wildman–Crippen LogP) is 4.75. The van der Waals surface area contributed by atoms with E-state index in [2.05, 4.69) is 32.7 Å². The van der Waals surface area contributed by atoms with Crippen molar-refractivity contribution in [2.45, 2.75) is 50.9 Å². The van der Waals surface area contributed by atoms with E-state index in [1.54, 1.807) is 13.2 Å². The Labute approximate surface area is 169 Å². The number of aryl methyl sites for hydroxylation is 1. The van der Waals surface area contributed by atoms with Gasteiger partial charge in [-0.15, -0.1) is 0 Å². The number of benzene rings is 1. The number of ether oxygens (including phenoxy) is 1. The summed E-state index contributed by atoms with van der Waals surface area (Å²) in [5.74, 6) is 2.01. The van der Waals surface area contributed by atoms with Crippen LogP contribution in [0.15, 0.2) is 39.4 Å². The lowest BCUT2D eigenvalue weighted by atomic mass is 9.53. The zero-order valence-electron chi connectivity index (χ0n) is 16.9. The normalized spacial score (nSPS) is 25.9. The van der Waals surface area contributed by atoms with Gasteiger partial charge in [0, 0.05) is 23.2 Å². The highest BCUT2D eigenvalue weighted by Gasteiger charge is 2.51. The summed E-state index contributed by atoms with van der Waals surface area (Å²) in [6.07, 6.45) is 6.99. The van der Waals surface area contributed by atoms with Gasteiger partial charge in [0.1, 0.15) is 5.69 Å². The Balaban J connectivity index is 1.25. The van der Waals surface area contributed by atoms with Gasteiger partial charge in [0.25, 0.3) is 0 Å². The van der Waals surface area contributed by atoms with Crippen molar-refractivity contribution >= 4 is 5.69 Å². The Morgan fingerprint density at radius 3 is 2.48 bits per heavy atom. The number of methoxy groups -OCH3 is 1. The third-order valence-corrected chi connectivity index (χ3v) is 6.90. The van der Waals surface area contributed by atoms with Crippen LogP contribution in [0.25, 0.3) is 11.3 Å². The van der Waals surface area contributed by atoms with E-state index in [-0.39, 0.29) is 5.41 Å². The fourth-order valence-corrected chi connectivity index (χ4v) is 4.93. The minimum Gasteiger partial charge on any atom is -0.467 e. The molecule has 7 heteroatoms. The first-order chi connectivity index (χ1) is 14.1. The second-order valence-electron chi connectivity index (χ2n) is 8.60. The van der Waals surface area contributed by atoms with E-state index in [1.165, 1.54) is 19.3 Å². The van der Waals surface area contributed by atoms with Gasteiger partial charge in [0.05, 0.1) is 13.2 Å². The third-order valence-electron chi connectivity index (χ3n) is 6.90. The van der Waals surface area contributed by atoms with Crippen molar-refractivity contribution in [3.8, 4) is 17.2 Å². The van der Waals surface area contributed by atoms with Crippen LogP contribution in [0.4, 0.5) is 5.69 Å². The van der Waals surface area contributed by atoms with Crippen LogP contribution in [0.5, 0.6) is 5.95 Å². The highest BCUT2D eigenvalue weighted by molar-refractivity contribution is 5.65. The van der Waals surface area contributed by atoms with Crippen LogP contribution in [-0.4, -0.2) is 29.0 Å². The van der Waals surface area contributed by atoms with E-state index in [0.717, 1.165) is 54.5 Å². The average Bonchev–Trinajstić information content (AvgIpc) is 3.43. The standard InChI is InChI=1S/C22H26N4O3/c1-15-24-20(29-25-15)22-9-6-21(7-10-22,8-11-22)14-23-17-5-3-4-16(12-17)18-13-19(27-2)28-26-18/h3-5,12-13,23H,6-11,14H2,1-2H3. The molecule has 2 heterocycles. The molecule has 0 saturated heterocycles. The van der Waals surface area contributed by atoms with Crippen LogP contribution in [0.2, 0.25) is 0 Å². The second-order valence-corrected chi connectivity index (χ2v) is 8.60. The van der Waals surface area contributed by atoms with E-state index >= 15 is 0 Å². The number of aromatic nitrogens is 3. The van der Waals surface area contributed by atoms with E-state index in [4.69, 9.17) is 13.8 Å². The molecule has 2 aromatic heterocycles. The summed E-state index contributed by atoms with van der Waals surface area (Å²) in [5, 5.41) is 11.8. The Morgan fingerprint density at radius 1 is 1.03 bits per heavy atom. The Kier molecular flexibility index (Phi) is 4.33. The molecular formula is C22H26N4O3. The van der Waals surface area contributed by atoms with Crippen molar-refractivity contribution < 1.29 is 13.8 Å². The predicted molar refractivity (Wildman–Crippen MR) is 108 cm³/mol. The molecule has 3 saturated carbocycles. The summed E-state index contributed by atoms with van der Waals surface area (Å²) in [4.78, 5) is 4.55. The first-order valence-electron chi connectivity index (χ1n) is 10.3. The molecule has 1 aromatic carbocycles. The third kappa shape index (κ3) is 3.28. The number of anilines is 1. The minimum absolute atomic E-state index is 0.106. The molecule has 0 unspecified atom stereocenters.